The van der Waals surface area contributed by atoms with Gasteiger partial charge in [0.2, 0.25) is 0 Å². The third-order valence-corrected chi connectivity index (χ3v) is 6.87. The Labute approximate surface area is 205 Å². The molecule has 1 atom stereocenters. The molecule has 0 fully saturated rings. The van der Waals surface area contributed by atoms with Crippen LogP contribution in [0.2, 0.25) is 5.02 Å². The summed E-state index contributed by atoms with van der Waals surface area (Å²) in [5, 5.41) is 0.650. The van der Waals surface area contributed by atoms with Crippen molar-refractivity contribution in [3.63, 3.8) is 0 Å². The minimum atomic E-state index is -0.295. The van der Waals surface area contributed by atoms with Crippen molar-refractivity contribution in [3.8, 4) is 11.5 Å². The van der Waals surface area contributed by atoms with Crippen LogP contribution in [0.5, 0.6) is 11.5 Å². The molecule has 0 bridgehead atoms. The van der Waals surface area contributed by atoms with Crippen molar-refractivity contribution >= 4 is 34.7 Å². The van der Waals surface area contributed by atoms with Crippen LogP contribution in [-0.2, 0) is 0 Å². The van der Waals surface area contributed by atoms with Gasteiger partial charge in [-0.2, -0.15) is 0 Å². The fraction of sp³-hybridized carbons (Fsp3) is 0.111. The Morgan fingerprint density at radius 3 is 2.41 bits per heavy atom. The lowest BCUT2D eigenvalue weighted by molar-refractivity contribution is 0.355. The number of halogens is 1. The molecule has 5 nitrogen and oxygen atoms in total. The average molecular weight is 489 g/mol. The first kappa shape index (κ1) is 22.2. The standard InChI is InChI=1S/C27H21ClN2O3S/c1-32-23-13-8-17(14-24(23)33-2)15-25-26(31)30-22(19-9-11-20(28)12-10-19)16-21(29-27(30)34-25)18-6-4-3-5-7-18/h3-16,22H,1-2H3. The zero-order chi connectivity index (χ0) is 23.7. The number of allylic oxidation sites excluding steroid dienone is 1. The first-order valence-corrected chi connectivity index (χ1v) is 11.8. The Kier molecular flexibility index (Phi) is 6.09. The van der Waals surface area contributed by atoms with Crippen LogP contribution in [0.1, 0.15) is 22.7 Å². The van der Waals surface area contributed by atoms with E-state index in [-0.39, 0.29) is 11.6 Å². The van der Waals surface area contributed by atoms with Crippen molar-refractivity contribution in [1.82, 2.24) is 4.57 Å². The maximum atomic E-state index is 13.6. The number of fused-ring (bicyclic) bond motifs is 1. The second-order valence-corrected chi connectivity index (χ2v) is 9.15. The van der Waals surface area contributed by atoms with Crippen LogP contribution < -0.4 is 24.4 Å². The summed E-state index contributed by atoms with van der Waals surface area (Å²) in [6, 6.07) is 22.8. The molecule has 0 radical (unpaired) electrons. The molecule has 0 N–H and O–H groups in total. The summed E-state index contributed by atoms with van der Waals surface area (Å²) in [7, 11) is 3.18. The predicted octanol–water partition coefficient (Wildman–Crippen LogP) is 4.67. The number of aromatic nitrogens is 1. The van der Waals surface area contributed by atoms with Gasteiger partial charge in [0, 0.05) is 5.02 Å². The molecule has 5 rings (SSSR count). The summed E-state index contributed by atoms with van der Waals surface area (Å²) >= 11 is 7.49. The van der Waals surface area contributed by atoms with E-state index in [0.29, 0.717) is 25.9 Å². The zero-order valence-corrected chi connectivity index (χ0v) is 20.1. The van der Waals surface area contributed by atoms with Crippen LogP contribution in [0.4, 0.5) is 0 Å². The van der Waals surface area contributed by atoms with Crippen LogP contribution >= 0.6 is 22.9 Å². The van der Waals surface area contributed by atoms with Gasteiger partial charge >= 0.3 is 0 Å². The van der Waals surface area contributed by atoms with Gasteiger partial charge in [0.15, 0.2) is 16.3 Å². The number of hydrogen-bond donors (Lipinski definition) is 0. The number of nitrogens with zero attached hydrogens (tertiary/aromatic N) is 2. The van der Waals surface area contributed by atoms with Gasteiger partial charge in [0.1, 0.15) is 0 Å². The van der Waals surface area contributed by atoms with Crippen LogP contribution in [0.3, 0.4) is 0 Å². The molecule has 0 saturated heterocycles. The van der Waals surface area contributed by atoms with Crippen molar-refractivity contribution < 1.29 is 9.47 Å². The fourth-order valence-corrected chi connectivity index (χ4v) is 5.09. The number of ether oxygens (including phenoxy) is 2. The first-order chi connectivity index (χ1) is 16.6. The molecule has 1 aliphatic rings. The van der Waals surface area contributed by atoms with Gasteiger partial charge in [-0.05, 0) is 53.1 Å². The second kappa shape index (κ2) is 9.33. The minimum Gasteiger partial charge on any atom is -0.493 e. The lowest BCUT2D eigenvalue weighted by Crippen LogP contribution is -2.36. The van der Waals surface area contributed by atoms with E-state index < -0.39 is 0 Å². The molecule has 2 heterocycles. The van der Waals surface area contributed by atoms with Crippen LogP contribution in [0.25, 0.3) is 11.8 Å². The van der Waals surface area contributed by atoms with E-state index in [1.807, 2.05) is 84.9 Å². The minimum absolute atomic E-state index is 0.0955. The monoisotopic (exact) mass is 488 g/mol. The number of hydrogen-bond acceptors (Lipinski definition) is 5. The van der Waals surface area contributed by atoms with E-state index in [1.54, 1.807) is 18.8 Å². The fourth-order valence-electron chi connectivity index (χ4n) is 3.94. The molecule has 0 amide bonds. The molecule has 7 heteroatoms. The normalized spacial score (nSPS) is 15.3. The molecule has 0 spiro atoms. The Morgan fingerprint density at radius 1 is 0.971 bits per heavy atom. The zero-order valence-electron chi connectivity index (χ0n) is 18.6. The highest BCUT2D eigenvalue weighted by molar-refractivity contribution is 7.07. The molecule has 170 valence electrons. The molecule has 1 aromatic heterocycles. The highest BCUT2D eigenvalue weighted by Gasteiger charge is 2.22. The van der Waals surface area contributed by atoms with Crippen LogP contribution in [0.15, 0.2) is 88.7 Å². The van der Waals surface area contributed by atoms with E-state index >= 15 is 0 Å². The molecule has 3 aromatic carbocycles. The Hall–Kier alpha value is -3.61. The van der Waals surface area contributed by atoms with Crippen molar-refractivity contribution in [2.45, 2.75) is 6.04 Å². The van der Waals surface area contributed by atoms with Gasteiger partial charge in [0.05, 0.1) is 30.5 Å². The summed E-state index contributed by atoms with van der Waals surface area (Å²) in [6.07, 6.45) is 3.89. The molecular formula is C27H21ClN2O3S. The number of thiazole rings is 1. The van der Waals surface area contributed by atoms with Crippen LogP contribution in [-0.4, -0.2) is 18.8 Å². The molecular weight excluding hydrogens is 468 g/mol. The van der Waals surface area contributed by atoms with E-state index in [4.69, 9.17) is 26.1 Å². The van der Waals surface area contributed by atoms with Crippen molar-refractivity contribution in [1.29, 1.82) is 0 Å². The van der Waals surface area contributed by atoms with Crippen molar-refractivity contribution in [2.75, 3.05) is 14.2 Å². The topological polar surface area (TPSA) is 52.8 Å². The van der Waals surface area contributed by atoms with Gasteiger partial charge in [-0.15, -0.1) is 0 Å². The maximum Gasteiger partial charge on any atom is 0.271 e. The molecule has 1 unspecified atom stereocenters. The van der Waals surface area contributed by atoms with Gasteiger partial charge < -0.3 is 9.47 Å². The van der Waals surface area contributed by atoms with Crippen molar-refractivity contribution in [3.05, 3.63) is 120 Å². The summed E-state index contributed by atoms with van der Waals surface area (Å²) in [6.45, 7) is 0. The lowest BCUT2D eigenvalue weighted by Gasteiger charge is -2.19. The van der Waals surface area contributed by atoms with E-state index in [2.05, 4.69) is 0 Å². The molecule has 4 aromatic rings. The Balaban J connectivity index is 1.69. The van der Waals surface area contributed by atoms with E-state index in [0.717, 1.165) is 22.4 Å². The van der Waals surface area contributed by atoms with E-state index in [9.17, 15) is 4.79 Å². The highest BCUT2D eigenvalue weighted by Crippen LogP contribution is 2.29. The molecule has 0 aliphatic carbocycles. The first-order valence-electron chi connectivity index (χ1n) is 10.6. The van der Waals surface area contributed by atoms with Crippen molar-refractivity contribution in [2.24, 2.45) is 4.99 Å². The molecule has 0 saturated carbocycles. The number of benzene rings is 3. The van der Waals surface area contributed by atoms with Crippen LogP contribution in [0, 0.1) is 0 Å². The van der Waals surface area contributed by atoms with Gasteiger partial charge in [-0.3, -0.25) is 9.36 Å². The molecule has 34 heavy (non-hydrogen) atoms. The van der Waals surface area contributed by atoms with E-state index in [1.165, 1.54) is 11.3 Å². The quantitative estimate of drug-likeness (QED) is 0.410. The third kappa shape index (κ3) is 4.18. The number of methoxy groups -OCH3 is 2. The molecule has 1 aliphatic heterocycles. The highest BCUT2D eigenvalue weighted by atomic mass is 35.5. The predicted molar refractivity (Wildman–Crippen MR) is 136 cm³/mol. The maximum absolute atomic E-state index is 13.6. The summed E-state index contributed by atoms with van der Waals surface area (Å²) in [5.41, 5.74) is 3.54. The largest absolute Gasteiger partial charge is 0.493 e. The van der Waals surface area contributed by atoms with Gasteiger partial charge in [-0.25, -0.2) is 4.99 Å². The number of rotatable bonds is 5. The third-order valence-electron chi connectivity index (χ3n) is 5.63. The summed E-state index contributed by atoms with van der Waals surface area (Å²) in [5.74, 6) is 1.24. The SMILES string of the molecule is COc1ccc(C=c2sc3n(c2=O)C(c2ccc(Cl)cc2)C=C(c2ccccc2)N=3)cc1OC. The van der Waals surface area contributed by atoms with Gasteiger partial charge in [-0.1, -0.05) is 71.5 Å². The second-order valence-electron chi connectivity index (χ2n) is 7.71. The van der Waals surface area contributed by atoms with Gasteiger partial charge in [0.25, 0.3) is 5.56 Å². The average Bonchev–Trinajstić information content (AvgIpc) is 3.19. The summed E-state index contributed by atoms with van der Waals surface area (Å²) in [4.78, 5) is 19.1. The Bertz CT molecular complexity index is 1550. The smallest absolute Gasteiger partial charge is 0.271 e. The Morgan fingerprint density at radius 2 is 1.71 bits per heavy atom. The summed E-state index contributed by atoms with van der Waals surface area (Å²) < 4.78 is 13.1. The lowest BCUT2D eigenvalue weighted by atomic mass is 10.0.